The van der Waals surface area contributed by atoms with Crippen LogP contribution in [0.1, 0.15) is 11.1 Å². The monoisotopic (exact) mass is 513 g/mol. The smallest absolute Gasteiger partial charge is 0.406 e. The number of nitrogens with two attached hydrogens (primary N) is 1. The van der Waals surface area contributed by atoms with Crippen molar-refractivity contribution in [3.8, 4) is 5.75 Å². The van der Waals surface area contributed by atoms with Gasteiger partial charge in [0.1, 0.15) is 5.75 Å². The maximum absolute atomic E-state index is 12.1. The maximum atomic E-state index is 12.1. The average Bonchev–Trinajstić information content (AvgIpc) is 2.58. The molecule has 1 unspecified atom stereocenters. The molecule has 0 spiro atoms. The predicted octanol–water partition coefficient (Wildman–Crippen LogP) is 3.55. The number of alkyl halides is 3. The highest BCUT2D eigenvalue weighted by Crippen LogP contribution is 2.22. The van der Waals surface area contributed by atoms with Crippen LogP contribution in [0.3, 0.4) is 0 Å². The van der Waals surface area contributed by atoms with Gasteiger partial charge in [-0.1, -0.05) is 24.3 Å². The maximum Gasteiger partial charge on any atom is 0.573 e. The lowest BCUT2D eigenvalue weighted by atomic mass is 10.2. The summed E-state index contributed by atoms with van der Waals surface area (Å²) in [4.78, 5) is 4.87. The first kappa shape index (κ1) is 23.2. The minimum absolute atomic E-state index is 0. The Morgan fingerprint density at radius 2 is 1.67 bits per heavy atom. The second-order valence-electron chi connectivity index (χ2n) is 5.34. The highest BCUT2D eigenvalue weighted by atomic mass is 127. The molecule has 2 aromatic rings. The lowest BCUT2D eigenvalue weighted by molar-refractivity contribution is -0.274. The number of nitrogens with one attached hydrogen (secondary N) is 1. The zero-order valence-electron chi connectivity index (χ0n) is 14.3. The van der Waals surface area contributed by atoms with Crippen molar-refractivity contribution >= 4 is 40.7 Å². The Morgan fingerprint density at radius 3 is 2.19 bits per heavy atom. The Labute approximate surface area is 174 Å². The summed E-state index contributed by atoms with van der Waals surface area (Å²) in [5.74, 6) is -0.0726. The standard InChI is InChI=1S/C17H18F3N3O2S.HI/c1-26(24)15-8-4-13(5-9-15)11-23-16(21)22-10-12-2-6-14(7-3-12)25-17(18,19)20;/h2-9H,10-11H2,1H3,(H3,21,22,23);1H. The molecule has 27 heavy (non-hydrogen) atoms. The van der Waals surface area contributed by atoms with Gasteiger partial charge in [-0.3, -0.25) is 4.21 Å². The van der Waals surface area contributed by atoms with E-state index in [4.69, 9.17) is 5.73 Å². The number of guanidine groups is 1. The van der Waals surface area contributed by atoms with Crippen molar-refractivity contribution in [1.29, 1.82) is 0 Å². The SMILES string of the molecule is CS(=O)c1ccc(CNC(N)=NCc2ccc(OC(F)(F)F)cc2)cc1.I. The van der Waals surface area contributed by atoms with E-state index in [0.717, 1.165) is 10.5 Å². The van der Waals surface area contributed by atoms with Crippen molar-refractivity contribution in [3.63, 3.8) is 0 Å². The molecule has 0 aliphatic carbocycles. The number of aliphatic imine (C=N–C) groups is 1. The topological polar surface area (TPSA) is 76.7 Å². The zero-order valence-corrected chi connectivity index (χ0v) is 17.5. The van der Waals surface area contributed by atoms with Crippen LogP contribution in [0.5, 0.6) is 5.75 Å². The average molecular weight is 513 g/mol. The van der Waals surface area contributed by atoms with Crippen LogP contribution in [-0.2, 0) is 23.9 Å². The lowest BCUT2D eigenvalue weighted by Crippen LogP contribution is -2.31. The predicted molar refractivity (Wildman–Crippen MR) is 109 cm³/mol. The van der Waals surface area contributed by atoms with Gasteiger partial charge in [0.05, 0.1) is 6.54 Å². The summed E-state index contributed by atoms with van der Waals surface area (Å²) in [6.45, 7) is 0.670. The molecule has 0 amide bonds. The molecule has 0 saturated carbocycles. The van der Waals surface area contributed by atoms with E-state index in [0.29, 0.717) is 12.1 Å². The highest BCUT2D eigenvalue weighted by molar-refractivity contribution is 14.0. The van der Waals surface area contributed by atoms with Gasteiger partial charge in [0.2, 0.25) is 0 Å². The Balaban J connectivity index is 0.00000364. The molecule has 0 aliphatic rings. The van der Waals surface area contributed by atoms with Gasteiger partial charge in [-0.15, -0.1) is 37.1 Å². The fourth-order valence-electron chi connectivity index (χ4n) is 2.02. The van der Waals surface area contributed by atoms with Gasteiger partial charge < -0.3 is 15.8 Å². The third-order valence-electron chi connectivity index (χ3n) is 3.32. The van der Waals surface area contributed by atoms with Gasteiger partial charge in [0.25, 0.3) is 0 Å². The molecule has 0 bridgehead atoms. The van der Waals surface area contributed by atoms with Crippen LogP contribution in [0.2, 0.25) is 0 Å². The molecule has 0 aromatic heterocycles. The van der Waals surface area contributed by atoms with E-state index in [-0.39, 0.29) is 42.2 Å². The molecule has 5 nitrogen and oxygen atoms in total. The number of hydrogen-bond acceptors (Lipinski definition) is 3. The number of nitrogens with zero attached hydrogens (tertiary/aromatic N) is 1. The van der Waals surface area contributed by atoms with Crippen LogP contribution in [-0.4, -0.2) is 22.8 Å². The summed E-state index contributed by atoms with van der Waals surface area (Å²) in [6.07, 6.45) is -3.10. The Hall–Kier alpha value is -1.82. The van der Waals surface area contributed by atoms with E-state index in [9.17, 15) is 17.4 Å². The minimum atomic E-state index is -4.71. The third-order valence-corrected chi connectivity index (χ3v) is 4.25. The third kappa shape index (κ3) is 8.61. The molecule has 0 saturated heterocycles. The van der Waals surface area contributed by atoms with E-state index >= 15 is 0 Å². The first-order chi connectivity index (χ1) is 12.2. The van der Waals surface area contributed by atoms with Gasteiger partial charge >= 0.3 is 6.36 Å². The lowest BCUT2D eigenvalue weighted by Gasteiger charge is -2.09. The van der Waals surface area contributed by atoms with Crippen LogP contribution in [0.25, 0.3) is 0 Å². The molecular formula is C17H19F3IN3O2S. The highest BCUT2D eigenvalue weighted by Gasteiger charge is 2.30. The van der Waals surface area contributed by atoms with Crippen molar-refractivity contribution in [1.82, 2.24) is 5.32 Å². The van der Waals surface area contributed by atoms with Gasteiger partial charge in [0.15, 0.2) is 5.96 Å². The van der Waals surface area contributed by atoms with Gasteiger partial charge in [0, 0.05) is 28.5 Å². The van der Waals surface area contributed by atoms with Crippen molar-refractivity contribution in [3.05, 3.63) is 59.7 Å². The van der Waals surface area contributed by atoms with Crippen molar-refractivity contribution in [2.75, 3.05) is 6.26 Å². The van der Waals surface area contributed by atoms with Gasteiger partial charge in [-0.2, -0.15) is 0 Å². The molecule has 0 fully saturated rings. The zero-order chi connectivity index (χ0) is 19.2. The first-order valence-corrected chi connectivity index (χ1v) is 9.09. The van der Waals surface area contributed by atoms with E-state index in [1.54, 1.807) is 18.4 Å². The number of halogens is 4. The molecule has 0 aliphatic heterocycles. The van der Waals surface area contributed by atoms with Crippen LogP contribution in [0, 0.1) is 0 Å². The Bertz CT molecular complexity index is 782. The number of ether oxygens (including phenoxy) is 1. The molecule has 10 heteroatoms. The summed E-state index contributed by atoms with van der Waals surface area (Å²) >= 11 is 0. The molecular weight excluding hydrogens is 494 g/mol. The summed E-state index contributed by atoms with van der Waals surface area (Å²) in [6, 6.07) is 12.7. The van der Waals surface area contributed by atoms with Gasteiger partial charge in [-0.05, 0) is 35.4 Å². The number of benzene rings is 2. The number of hydrogen-bond donors (Lipinski definition) is 2. The van der Waals surface area contributed by atoms with Crippen LogP contribution in [0.15, 0.2) is 58.4 Å². The van der Waals surface area contributed by atoms with E-state index < -0.39 is 17.2 Å². The van der Waals surface area contributed by atoms with E-state index in [1.165, 1.54) is 24.3 Å². The fraction of sp³-hybridized carbons (Fsp3) is 0.235. The summed E-state index contributed by atoms with van der Waals surface area (Å²) in [7, 11) is -1.02. The second-order valence-corrected chi connectivity index (χ2v) is 6.72. The van der Waals surface area contributed by atoms with E-state index in [1.807, 2.05) is 12.1 Å². The van der Waals surface area contributed by atoms with Crippen LogP contribution < -0.4 is 15.8 Å². The fourth-order valence-corrected chi connectivity index (χ4v) is 2.54. The van der Waals surface area contributed by atoms with Gasteiger partial charge in [-0.25, -0.2) is 4.99 Å². The molecule has 2 rings (SSSR count). The molecule has 2 aromatic carbocycles. The molecule has 0 heterocycles. The Kier molecular flexibility index (Phi) is 9.03. The molecule has 3 N–H and O–H groups in total. The van der Waals surface area contributed by atoms with Crippen molar-refractivity contribution in [2.24, 2.45) is 10.7 Å². The summed E-state index contributed by atoms with van der Waals surface area (Å²) < 4.78 is 51.4. The molecule has 0 radical (unpaired) electrons. The molecule has 1 atom stereocenters. The minimum Gasteiger partial charge on any atom is -0.406 e. The largest absolute Gasteiger partial charge is 0.573 e. The van der Waals surface area contributed by atoms with Crippen LogP contribution >= 0.6 is 24.0 Å². The normalized spacial score (nSPS) is 12.8. The van der Waals surface area contributed by atoms with Crippen molar-refractivity contribution in [2.45, 2.75) is 24.3 Å². The number of rotatable bonds is 6. The summed E-state index contributed by atoms with van der Waals surface area (Å²) in [5.41, 5.74) is 7.42. The van der Waals surface area contributed by atoms with Crippen molar-refractivity contribution < 1.29 is 22.1 Å². The molecule has 148 valence electrons. The summed E-state index contributed by atoms with van der Waals surface area (Å²) in [5, 5.41) is 2.94. The van der Waals surface area contributed by atoms with E-state index in [2.05, 4.69) is 15.0 Å². The quantitative estimate of drug-likeness (QED) is 0.352. The first-order valence-electron chi connectivity index (χ1n) is 7.54. The Morgan fingerprint density at radius 1 is 1.11 bits per heavy atom. The van der Waals surface area contributed by atoms with Crippen LogP contribution in [0.4, 0.5) is 13.2 Å². The second kappa shape index (κ2) is 10.5.